The highest BCUT2D eigenvalue weighted by Gasteiger charge is 2.31. The van der Waals surface area contributed by atoms with Crippen LogP contribution in [0.2, 0.25) is 0 Å². The van der Waals surface area contributed by atoms with Crippen molar-refractivity contribution in [3.8, 4) is 0 Å². The first-order chi connectivity index (χ1) is 12.6. The first-order valence-electron chi connectivity index (χ1n) is 8.79. The van der Waals surface area contributed by atoms with E-state index in [0.717, 1.165) is 17.0 Å². The lowest BCUT2D eigenvalue weighted by Gasteiger charge is -2.17. The molecule has 0 saturated carbocycles. The Morgan fingerprint density at radius 3 is 2.63 bits per heavy atom. The van der Waals surface area contributed by atoms with E-state index in [9.17, 15) is 18.0 Å². The van der Waals surface area contributed by atoms with Crippen LogP contribution < -0.4 is 0 Å². The second-order valence-electron chi connectivity index (χ2n) is 7.17. The van der Waals surface area contributed by atoms with Crippen LogP contribution in [0.15, 0.2) is 12.3 Å². The van der Waals surface area contributed by atoms with Crippen LogP contribution in [0.1, 0.15) is 57.2 Å². The number of carbonyl (C=O) groups excluding carboxylic acids is 2. The molecule has 27 heavy (non-hydrogen) atoms. The first kappa shape index (κ1) is 19.3. The van der Waals surface area contributed by atoms with Gasteiger partial charge in [-0.05, 0) is 33.3 Å². The number of H-pyrrole nitrogens is 1. The Hall–Kier alpha value is -2.42. The number of ketones is 1. The lowest BCUT2D eigenvalue weighted by atomic mass is 10.1. The fraction of sp³-hybridized carbons (Fsp3) is 0.500. The molecule has 0 radical (unpaired) electrons. The van der Waals surface area contributed by atoms with Crippen LogP contribution in [-0.4, -0.2) is 58.3 Å². The van der Waals surface area contributed by atoms with Crippen LogP contribution in [0.25, 0.3) is 0 Å². The number of aromatic amines is 1. The molecule has 9 heteroatoms. The molecule has 1 N–H and O–H groups in total. The zero-order chi connectivity index (χ0) is 19.9. The molecule has 146 valence electrons. The molecule has 0 aromatic carbocycles. The molecule has 0 bridgehead atoms. The molecule has 1 aliphatic rings. The quantitative estimate of drug-likeness (QED) is 0.779. The average molecular weight is 392 g/mol. The third-order valence-electron chi connectivity index (χ3n) is 5.09. The number of aromatic nitrogens is 3. The molecule has 1 saturated heterocycles. The molecule has 3 heterocycles. The van der Waals surface area contributed by atoms with Gasteiger partial charge in [-0.2, -0.15) is 5.10 Å². The van der Waals surface area contributed by atoms with Crippen LogP contribution in [0.5, 0.6) is 0 Å². The van der Waals surface area contributed by atoms with E-state index in [1.165, 1.54) is 13.1 Å². The van der Waals surface area contributed by atoms with E-state index in [0.29, 0.717) is 24.2 Å². The number of sulfone groups is 1. The molecule has 8 nitrogen and oxygen atoms in total. The summed E-state index contributed by atoms with van der Waals surface area (Å²) in [6.45, 7) is 5.57. The zero-order valence-corrected chi connectivity index (χ0v) is 16.8. The van der Waals surface area contributed by atoms with Gasteiger partial charge in [-0.3, -0.25) is 14.3 Å². The Labute approximate surface area is 158 Å². The second-order valence-corrected chi connectivity index (χ2v) is 9.40. The van der Waals surface area contributed by atoms with Crippen molar-refractivity contribution in [3.63, 3.8) is 0 Å². The normalized spacial score (nSPS) is 18.6. The number of hydrogen-bond donors (Lipinski definition) is 1. The molecule has 0 unspecified atom stereocenters. The van der Waals surface area contributed by atoms with Crippen LogP contribution >= 0.6 is 0 Å². The van der Waals surface area contributed by atoms with Gasteiger partial charge in [0.2, 0.25) is 0 Å². The molecule has 1 atom stereocenters. The fourth-order valence-electron chi connectivity index (χ4n) is 3.49. The van der Waals surface area contributed by atoms with E-state index in [4.69, 9.17) is 0 Å². The number of rotatable bonds is 5. The number of amides is 1. The smallest absolute Gasteiger partial charge is 0.270 e. The van der Waals surface area contributed by atoms with Gasteiger partial charge in [-0.1, -0.05) is 0 Å². The second kappa shape index (κ2) is 6.95. The number of nitrogens with one attached hydrogen (secondary N) is 1. The third-order valence-corrected chi connectivity index (χ3v) is 6.84. The van der Waals surface area contributed by atoms with Gasteiger partial charge >= 0.3 is 0 Å². The number of Topliss-reactive ketones (excluding diaryl/α,β-unsaturated/α-hetero) is 1. The van der Waals surface area contributed by atoms with Crippen LogP contribution in [0.3, 0.4) is 0 Å². The molecular formula is C18H24N4O4S. The van der Waals surface area contributed by atoms with Crippen LogP contribution in [0.4, 0.5) is 0 Å². The maximum Gasteiger partial charge on any atom is 0.270 e. The van der Waals surface area contributed by atoms with Crippen molar-refractivity contribution in [2.24, 2.45) is 0 Å². The lowest BCUT2D eigenvalue weighted by molar-refractivity contribution is 0.0779. The molecule has 1 aliphatic heterocycles. The summed E-state index contributed by atoms with van der Waals surface area (Å²) in [7, 11) is -1.31. The Balaban J connectivity index is 1.78. The monoisotopic (exact) mass is 392 g/mol. The molecule has 3 rings (SSSR count). The van der Waals surface area contributed by atoms with Crippen molar-refractivity contribution >= 4 is 21.5 Å². The Bertz CT molecular complexity index is 1000. The highest BCUT2D eigenvalue weighted by molar-refractivity contribution is 7.91. The first-order valence-corrected chi connectivity index (χ1v) is 10.6. The highest BCUT2D eigenvalue weighted by Crippen LogP contribution is 2.27. The van der Waals surface area contributed by atoms with Gasteiger partial charge in [0.15, 0.2) is 15.6 Å². The van der Waals surface area contributed by atoms with E-state index in [1.54, 1.807) is 22.7 Å². The van der Waals surface area contributed by atoms with Crippen molar-refractivity contribution < 1.29 is 18.0 Å². The van der Waals surface area contributed by atoms with Crippen molar-refractivity contribution in [1.29, 1.82) is 0 Å². The van der Waals surface area contributed by atoms with Gasteiger partial charge in [0, 0.05) is 36.6 Å². The predicted octanol–water partition coefficient (Wildman–Crippen LogP) is 1.66. The third kappa shape index (κ3) is 3.83. The summed E-state index contributed by atoms with van der Waals surface area (Å²) < 4.78 is 25.3. The van der Waals surface area contributed by atoms with E-state index < -0.39 is 9.84 Å². The summed E-state index contributed by atoms with van der Waals surface area (Å²) in [6, 6.07) is 1.40. The van der Waals surface area contributed by atoms with Crippen molar-refractivity contribution in [2.75, 3.05) is 18.6 Å². The van der Waals surface area contributed by atoms with Gasteiger partial charge < -0.3 is 9.88 Å². The topological polar surface area (TPSA) is 105 Å². The fourth-order valence-corrected chi connectivity index (χ4v) is 5.18. The molecule has 1 amide bonds. The largest absolute Gasteiger partial charge is 0.356 e. The van der Waals surface area contributed by atoms with Gasteiger partial charge in [0.1, 0.15) is 5.69 Å². The summed E-state index contributed by atoms with van der Waals surface area (Å²) in [6.07, 6.45) is 2.09. The standard InChI is InChI=1S/C18H24N4O4S/c1-11-16(12(2)22(20-11)15-5-6-27(25,26)10-15)9-21(4)18(24)17-7-14(8-19-17)13(3)23/h7-8,15,19H,5-6,9-10H2,1-4H3/t15-/m1/s1. The molecular weight excluding hydrogens is 368 g/mol. The minimum absolute atomic E-state index is 0.104. The summed E-state index contributed by atoms with van der Waals surface area (Å²) in [5.74, 6) is -0.0287. The van der Waals surface area contributed by atoms with Gasteiger partial charge in [-0.15, -0.1) is 0 Å². The maximum atomic E-state index is 12.6. The van der Waals surface area contributed by atoms with Gasteiger partial charge in [0.25, 0.3) is 5.91 Å². The van der Waals surface area contributed by atoms with Gasteiger partial charge in [0.05, 0.1) is 23.2 Å². The lowest BCUT2D eigenvalue weighted by Crippen LogP contribution is -2.27. The number of aryl methyl sites for hydroxylation is 1. The van der Waals surface area contributed by atoms with Gasteiger partial charge in [-0.25, -0.2) is 8.42 Å². The predicted molar refractivity (Wildman–Crippen MR) is 101 cm³/mol. The minimum atomic E-state index is -3.00. The maximum absolute atomic E-state index is 12.6. The molecule has 2 aromatic rings. The number of carbonyl (C=O) groups is 2. The van der Waals surface area contributed by atoms with Crippen molar-refractivity contribution in [1.82, 2.24) is 19.7 Å². The van der Waals surface area contributed by atoms with E-state index >= 15 is 0 Å². The molecule has 0 aliphatic carbocycles. The van der Waals surface area contributed by atoms with E-state index in [-0.39, 0.29) is 29.2 Å². The highest BCUT2D eigenvalue weighted by atomic mass is 32.2. The SMILES string of the molecule is CC(=O)c1c[nH]c(C(=O)N(C)Cc2c(C)nn([C@@H]3CCS(=O)(=O)C3)c2C)c1. The number of nitrogens with zero attached hydrogens (tertiary/aromatic N) is 3. The summed E-state index contributed by atoms with van der Waals surface area (Å²) >= 11 is 0. The van der Waals surface area contributed by atoms with Crippen LogP contribution in [-0.2, 0) is 16.4 Å². The zero-order valence-electron chi connectivity index (χ0n) is 15.9. The van der Waals surface area contributed by atoms with Crippen LogP contribution in [0, 0.1) is 13.8 Å². The Kier molecular flexibility index (Phi) is 4.98. The number of hydrogen-bond acceptors (Lipinski definition) is 5. The Morgan fingerprint density at radius 1 is 1.37 bits per heavy atom. The molecule has 2 aromatic heterocycles. The average Bonchev–Trinajstić information content (AvgIpc) is 3.28. The molecule has 1 fully saturated rings. The summed E-state index contributed by atoms with van der Waals surface area (Å²) in [5, 5.41) is 4.53. The Morgan fingerprint density at radius 2 is 2.07 bits per heavy atom. The summed E-state index contributed by atoms with van der Waals surface area (Å²) in [4.78, 5) is 28.4. The van der Waals surface area contributed by atoms with Crippen molar-refractivity contribution in [2.45, 2.75) is 39.8 Å². The van der Waals surface area contributed by atoms with E-state index in [1.807, 2.05) is 13.8 Å². The minimum Gasteiger partial charge on any atom is -0.356 e. The molecule has 0 spiro atoms. The van der Waals surface area contributed by atoms with Crippen molar-refractivity contribution in [3.05, 3.63) is 40.5 Å². The van der Waals surface area contributed by atoms with E-state index in [2.05, 4.69) is 10.1 Å². The summed E-state index contributed by atoms with van der Waals surface area (Å²) in [5.41, 5.74) is 3.40.